The summed E-state index contributed by atoms with van der Waals surface area (Å²) in [6.07, 6.45) is 11.3. The predicted molar refractivity (Wildman–Crippen MR) is 75.1 cm³/mol. The third-order valence-corrected chi connectivity index (χ3v) is 12.6. The monoisotopic (exact) mass is 519 g/mol. The van der Waals surface area contributed by atoms with Crippen molar-refractivity contribution in [2.75, 3.05) is 4.93 Å². The Morgan fingerprint density at radius 2 is 1.86 bits per heavy atom. The first kappa shape index (κ1) is 16.7. The minimum atomic E-state index is -0.171. The Labute approximate surface area is 149 Å². The van der Waals surface area contributed by atoms with Gasteiger partial charge in [-0.25, -0.2) is 0 Å². The van der Waals surface area contributed by atoms with E-state index in [0.717, 1.165) is 12.8 Å². The number of carbonyl (C=O) groups excluding carboxylic acids is 1. The molecule has 3 rings (SSSR count). The molecule has 3 aliphatic rings. The molecule has 0 spiro atoms. The first-order valence-corrected chi connectivity index (χ1v) is 13.8. The summed E-state index contributed by atoms with van der Waals surface area (Å²) in [5.74, 6) is 0.782. The topological polar surface area (TPSA) is 48.2 Å². The molecule has 0 bridgehead atoms. The van der Waals surface area contributed by atoms with E-state index in [1.165, 1.54) is 44.9 Å². The molecule has 0 radical (unpaired) electrons. The first-order valence-electron chi connectivity index (χ1n) is 8.23. The molecule has 124 valence electrons. The van der Waals surface area contributed by atoms with Gasteiger partial charge in [0.1, 0.15) is 0 Å². The van der Waals surface area contributed by atoms with Crippen molar-refractivity contribution in [3.8, 4) is 0 Å². The Morgan fingerprint density at radius 3 is 2.38 bits per heavy atom. The molecule has 5 heteroatoms. The van der Waals surface area contributed by atoms with Crippen molar-refractivity contribution < 1.29 is 52.2 Å². The van der Waals surface area contributed by atoms with Crippen molar-refractivity contribution in [2.45, 2.75) is 77.8 Å². The van der Waals surface area contributed by atoms with Crippen molar-refractivity contribution in [3.05, 3.63) is 0 Å². The Hall–Kier alpha value is 0.890. The quantitative estimate of drug-likeness (QED) is 0.104. The maximum absolute atomic E-state index is 13.0. The average Bonchev–Trinajstić information content (AvgIpc) is 3.22. The fraction of sp³-hybridized carbons (Fsp3) is 0.938. The van der Waals surface area contributed by atoms with Gasteiger partial charge < -0.3 is 0 Å². The van der Waals surface area contributed by atoms with Gasteiger partial charge in [-0.15, -0.1) is 0 Å². The summed E-state index contributed by atoms with van der Waals surface area (Å²) in [5.41, 5.74) is -0.0980. The fourth-order valence-corrected chi connectivity index (χ4v) is 9.85. The van der Waals surface area contributed by atoms with Crippen LogP contribution in [-0.2, 0) is 9.53 Å². The van der Waals surface area contributed by atoms with Gasteiger partial charge in [-0.3, -0.25) is 0 Å². The van der Waals surface area contributed by atoms with Crippen LogP contribution >= 0.6 is 0 Å². The van der Waals surface area contributed by atoms with Gasteiger partial charge in [0.25, 0.3) is 0 Å². The van der Waals surface area contributed by atoms with Crippen LogP contribution in [0.15, 0.2) is 0 Å². The van der Waals surface area contributed by atoms with Crippen LogP contribution < -0.4 is 46.2 Å². The van der Waals surface area contributed by atoms with Crippen LogP contribution in [0.5, 0.6) is 0 Å². The van der Waals surface area contributed by atoms with Gasteiger partial charge >= 0.3 is 150 Å². The van der Waals surface area contributed by atoms with E-state index in [1.54, 1.807) is 0 Å². The predicted octanol–water partition coefficient (Wildman–Crippen LogP) is -3.17. The van der Waals surface area contributed by atoms with Crippen LogP contribution in [0.2, 0.25) is 0 Å². The molecule has 0 aromatic carbocycles. The van der Waals surface area contributed by atoms with Crippen molar-refractivity contribution >= 4 is 5.97 Å². The average molecular weight is 519 g/mol. The normalized spacial score (nSPS) is 32.2. The summed E-state index contributed by atoms with van der Waals surface area (Å²) in [5, 5.41) is 0. The minimum absolute atomic E-state index is 0.0685. The number of ether oxygens (including phenoxy) is 1. The van der Waals surface area contributed by atoms with E-state index in [4.69, 9.17) is 4.74 Å². The second-order valence-corrected chi connectivity index (χ2v) is 12.7. The summed E-state index contributed by atoms with van der Waals surface area (Å²) < 4.78 is 10.2. The summed E-state index contributed by atoms with van der Waals surface area (Å²) in [6.45, 7) is 2.16. The van der Waals surface area contributed by atoms with E-state index in [-0.39, 0.29) is 57.7 Å². The van der Waals surface area contributed by atoms with Crippen LogP contribution in [0.3, 0.4) is 0 Å². The molecule has 1 saturated heterocycles. The number of nitrogens with one attached hydrogen (secondary N) is 1. The zero-order valence-corrected chi connectivity index (χ0v) is 17.4. The van der Waals surface area contributed by atoms with Crippen LogP contribution in [-0.4, -0.2) is 24.0 Å². The van der Waals surface area contributed by atoms with Crippen molar-refractivity contribution in [2.24, 2.45) is 5.92 Å². The Morgan fingerprint density at radius 1 is 1.24 bits per heavy atom. The molecule has 3 nitrogen and oxygen atoms in total. The summed E-state index contributed by atoms with van der Waals surface area (Å²) in [6, 6.07) is 0. The van der Waals surface area contributed by atoms with Crippen molar-refractivity contribution in [3.63, 3.8) is 0 Å². The molecule has 0 aromatic rings. The fourth-order valence-electron chi connectivity index (χ4n) is 3.99. The maximum atomic E-state index is 13.0. The molecule has 2 saturated carbocycles. The molecule has 0 amide bonds. The molecule has 3 fully saturated rings. The van der Waals surface area contributed by atoms with E-state index < -0.39 is 0 Å². The number of rotatable bonds is 5. The Kier molecular flexibility index (Phi) is 5.41. The number of alkyl halides is 3. The second kappa shape index (κ2) is 6.79. The summed E-state index contributed by atoms with van der Waals surface area (Å²) in [7, 11) is 0. The molecular formula is C16H27I2NO2-2. The van der Waals surface area contributed by atoms with Gasteiger partial charge in [0.05, 0.1) is 0 Å². The molecule has 2 unspecified atom stereocenters. The molecule has 2 atom stereocenters. The van der Waals surface area contributed by atoms with Gasteiger partial charge in [-0.1, -0.05) is 0 Å². The molecule has 0 aromatic heterocycles. The van der Waals surface area contributed by atoms with E-state index in [0.29, 0.717) is 9.97 Å². The number of hydrogen-bond donors (Lipinski definition) is 1. The van der Waals surface area contributed by atoms with E-state index in [1.807, 2.05) is 0 Å². The summed E-state index contributed by atoms with van der Waals surface area (Å²) >= 11 is -0.0662. The molecule has 1 N–H and O–H groups in total. The van der Waals surface area contributed by atoms with Crippen LogP contribution in [0.1, 0.15) is 64.7 Å². The third kappa shape index (κ3) is 3.39. The molecule has 1 heterocycles. The van der Waals surface area contributed by atoms with Gasteiger partial charge in [0.15, 0.2) is 0 Å². The zero-order valence-electron chi connectivity index (χ0n) is 13.1. The first-order chi connectivity index (χ1) is 10.1. The number of esters is 1. The molecule has 1 aliphatic heterocycles. The molecular weight excluding hydrogens is 492 g/mol. The summed E-state index contributed by atoms with van der Waals surface area (Å²) in [4.78, 5) is 15.2. The number of halogens is 2. The second-order valence-electron chi connectivity index (χ2n) is 6.84. The van der Waals surface area contributed by atoms with Crippen molar-refractivity contribution in [1.82, 2.24) is 3.53 Å². The number of carbonyl (C=O) groups is 1. The van der Waals surface area contributed by atoms with E-state index in [2.05, 4.69) is 15.4 Å². The number of hydrogen-bond acceptors (Lipinski definition) is 3. The molecule has 2 aliphatic carbocycles. The third-order valence-electron chi connectivity index (χ3n) is 5.58. The Balaban J connectivity index is 1.75. The van der Waals surface area contributed by atoms with Crippen LogP contribution in [0.4, 0.5) is 0 Å². The SMILES string of the molecule is C[I-]C(C)(C(=O)OC1(C2CCCC2)CCCCC1)C1N[I-]1. The van der Waals surface area contributed by atoms with E-state index in [9.17, 15) is 4.79 Å². The van der Waals surface area contributed by atoms with Crippen LogP contribution in [0, 0.1) is 5.92 Å². The standard InChI is InChI=1S/C16H27I2NO2/c1-15(17-2,13-18-19-13)14(20)21-16(10-6-3-7-11-16)12-8-4-5-9-12/h12-13,19H,3-11H2,1-2H3/q-2. The van der Waals surface area contributed by atoms with E-state index >= 15 is 0 Å². The van der Waals surface area contributed by atoms with Gasteiger partial charge in [0.2, 0.25) is 0 Å². The zero-order chi connectivity index (χ0) is 14.9. The van der Waals surface area contributed by atoms with Gasteiger partial charge in [0, 0.05) is 0 Å². The Bertz CT molecular complexity index is 388. The molecule has 21 heavy (non-hydrogen) atoms. The van der Waals surface area contributed by atoms with Gasteiger partial charge in [-0.2, -0.15) is 0 Å². The van der Waals surface area contributed by atoms with Crippen LogP contribution in [0.25, 0.3) is 0 Å². The van der Waals surface area contributed by atoms with Gasteiger partial charge in [-0.05, 0) is 0 Å². The van der Waals surface area contributed by atoms with Crippen molar-refractivity contribution in [1.29, 1.82) is 0 Å².